The second-order valence-electron chi connectivity index (χ2n) is 8.79. The highest BCUT2D eigenvalue weighted by atomic mass is 32.3. The van der Waals surface area contributed by atoms with E-state index in [1.165, 1.54) is 0 Å². The molecule has 0 unspecified atom stereocenters. The third-order valence-electron chi connectivity index (χ3n) is 7.30. The predicted octanol–water partition coefficient (Wildman–Crippen LogP) is 1.04. The second-order valence-corrected chi connectivity index (χ2v) is 9.81. The van der Waals surface area contributed by atoms with E-state index in [2.05, 4.69) is 14.1 Å². The molecule has 5 rings (SSSR count). The van der Waals surface area contributed by atoms with E-state index in [4.69, 9.17) is 13.5 Å². The quantitative estimate of drug-likeness (QED) is 0.587. The molecule has 0 aromatic heterocycles. The number of hydrogen-bond donors (Lipinski definition) is 2. The first-order chi connectivity index (χ1) is 12.1. The Labute approximate surface area is 153 Å². The first-order valence-corrected chi connectivity index (χ1v) is 10.5. The van der Waals surface area contributed by atoms with E-state index in [0.29, 0.717) is 24.1 Å². The minimum Gasteiger partial charge on any atom is -0.482 e. The summed E-state index contributed by atoms with van der Waals surface area (Å²) < 4.78 is 43.6. The van der Waals surface area contributed by atoms with E-state index in [1.807, 2.05) is 6.07 Å². The average molecular weight is 382 g/mol. The summed E-state index contributed by atoms with van der Waals surface area (Å²) in [4.78, 5) is 0. The van der Waals surface area contributed by atoms with Crippen molar-refractivity contribution in [3.05, 3.63) is 23.3 Å². The van der Waals surface area contributed by atoms with Crippen LogP contribution in [0.1, 0.15) is 30.4 Å². The molecule has 2 heterocycles. The fourth-order valence-corrected chi connectivity index (χ4v) is 6.62. The van der Waals surface area contributed by atoms with Gasteiger partial charge in [0.05, 0.1) is 38.2 Å². The number of aliphatic hydroxyl groups is 1. The zero-order valence-corrected chi connectivity index (χ0v) is 15.7. The standard InChI is InChI=1S/C18H23NO6S/c1-19(2)8-7-18-11-4-5-13(20)17(18)24-16-14(25-26(21,22)23)6-3-10(15(16)18)9-12(11)19/h3,6,11-13,17,20H,4-5,7-9H2,1-2H3/p+1/t11-,12+,13-,17-,18-/m0/s1. The summed E-state index contributed by atoms with van der Waals surface area (Å²) >= 11 is 0. The lowest BCUT2D eigenvalue weighted by Gasteiger charge is -2.60. The van der Waals surface area contributed by atoms with Crippen LogP contribution in [0.3, 0.4) is 0 Å². The molecular formula is C18H24NO6S+. The highest BCUT2D eigenvalue weighted by Crippen LogP contribution is 2.64. The summed E-state index contributed by atoms with van der Waals surface area (Å²) in [6.07, 6.45) is 2.45. The van der Waals surface area contributed by atoms with Gasteiger partial charge in [0.1, 0.15) is 6.10 Å². The Morgan fingerprint density at radius 3 is 2.81 bits per heavy atom. The van der Waals surface area contributed by atoms with E-state index in [-0.39, 0.29) is 17.3 Å². The average Bonchev–Trinajstić information content (AvgIpc) is 2.89. The van der Waals surface area contributed by atoms with E-state index >= 15 is 0 Å². The molecule has 1 aromatic carbocycles. The van der Waals surface area contributed by atoms with Crippen LogP contribution < -0.4 is 8.92 Å². The van der Waals surface area contributed by atoms with Gasteiger partial charge >= 0.3 is 10.4 Å². The van der Waals surface area contributed by atoms with Crippen LogP contribution in [-0.4, -0.2) is 61.4 Å². The van der Waals surface area contributed by atoms with Crippen LogP contribution in [0.4, 0.5) is 0 Å². The van der Waals surface area contributed by atoms with Crippen molar-refractivity contribution in [2.75, 3.05) is 20.6 Å². The molecule has 2 aliphatic heterocycles. The molecule has 1 aromatic rings. The van der Waals surface area contributed by atoms with E-state index in [1.54, 1.807) is 6.07 Å². The van der Waals surface area contributed by atoms with Crippen molar-refractivity contribution in [1.82, 2.24) is 0 Å². The van der Waals surface area contributed by atoms with Gasteiger partial charge in [0, 0.05) is 24.3 Å². The van der Waals surface area contributed by atoms with Crippen molar-refractivity contribution < 1.29 is 31.5 Å². The SMILES string of the molecule is C[N+]1(C)CC[C@]23c4c5ccc(OS(=O)(=O)O)c4O[C@H]2[C@@H](O)CC[C@H]3[C@H]1C5. The maximum Gasteiger partial charge on any atom is 0.446 e. The van der Waals surface area contributed by atoms with Gasteiger partial charge in [-0.3, -0.25) is 4.55 Å². The fraction of sp³-hybridized carbons (Fsp3) is 0.667. The summed E-state index contributed by atoms with van der Waals surface area (Å²) in [5.74, 6) is 0.787. The number of likely N-dealkylation sites (tertiary alicyclic amines) is 1. The highest BCUT2D eigenvalue weighted by molar-refractivity contribution is 7.81. The maximum atomic E-state index is 11.3. The Kier molecular flexibility index (Phi) is 3.18. The molecule has 1 saturated heterocycles. The van der Waals surface area contributed by atoms with Crippen LogP contribution in [-0.2, 0) is 22.2 Å². The van der Waals surface area contributed by atoms with Crippen LogP contribution in [0.5, 0.6) is 11.5 Å². The van der Waals surface area contributed by atoms with E-state index < -0.39 is 16.5 Å². The minimum atomic E-state index is -4.64. The number of hydrogen-bond acceptors (Lipinski definition) is 5. The first kappa shape index (κ1) is 16.8. The lowest BCUT2D eigenvalue weighted by atomic mass is 9.51. The molecule has 0 amide bonds. The van der Waals surface area contributed by atoms with Crippen molar-refractivity contribution in [1.29, 1.82) is 0 Å². The van der Waals surface area contributed by atoms with Gasteiger partial charge in [0.15, 0.2) is 11.5 Å². The molecular weight excluding hydrogens is 358 g/mol. The van der Waals surface area contributed by atoms with Crippen LogP contribution in [0.2, 0.25) is 0 Å². The lowest BCUT2D eigenvalue weighted by molar-refractivity contribution is -0.927. The molecule has 5 atom stereocenters. The maximum absolute atomic E-state index is 11.3. The molecule has 2 fully saturated rings. The molecule has 2 aliphatic carbocycles. The molecule has 1 spiro atoms. The van der Waals surface area contributed by atoms with Crippen molar-refractivity contribution in [2.45, 2.75) is 49.3 Å². The number of quaternary nitrogens is 1. The number of piperidine rings is 1. The van der Waals surface area contributed by atoms with Gasteiger partial charge in [0.25, 0.3) is 0 Å². The topological polar surface area (TPSA) is 93.1 Å². The molecule has 8 heteroatoms. The molecule has 7 nitrogen and oxygen atoms in total. The number of ether oxygens (including phenoxy) is 1. The lowest BCUT2D eigenvalue weighted by Crippen LogP contribution is -2.71. The number of nitrogens with zero attached hydrogens (tertiary/aromatic N) is 1. The molecule has 4 aliphatic rings. The Morgan fingerprint density at radius 2 is 2.08 bits per heavy atom. The van der Waals surface area contributed by atoms with Crippen molar-refractivity contribution in [3.8, 4) is 11.5 Å². The zero-order chi connectivity index (χ0) is 18.5. The third kappa shape index (κ3) is 2.01. The smallest absolute Gasteiger partial charge is 0.446 e. The summed E-state index contributed by atoms with van der Waals surface area (Å²) in [7, 11) is -0.0951. The molecule has 2 N–H and O–H groups in total. The van der Waals surface area contributed by atoms with Crippen LogP contribution in [0.15, 0.2) is 12.1 Å². The predicted molar refractivity (Wildman–Crippen MR) is 92.5 cm³/mol. The summed E-state index contributed by atoms with van der Waals surface area (Å²) in [5.41, 5.74) is 1.85. The summed E-state index contributed by atoms with van der Waals surface area (Å²) in [5, 5.41) is 10.7. The van der Waals surface area contributed by atoms with Gasteiger partial charge in [0.2, 0.25) is 0 Å². The first-order valence-electron chi connectivity index (χ1n) is 9.14. The molecule has 2 bridgehead atoms. The van der Waals surface area contributed by atoms with Crippen LogP contribution in [0, 0.1) is 5.92 Å². The molecule has 1 saturated carbocycles. The summed E-state index contributed by atoms with van der Waals surface area (Å²) in [6.45, 7) is 0.982. The van der Waals surface area contributed by atoms with Gasteiger partial charge in [-0.1, -0.05) is 6.07 Å². The second kappa shape index (κ2) is 4.92. The van der Waals surface area contributed by atoms with Crippen molar-refractivity contribution in [3.63, 3.8) is 0 Å². The molecule has 142 valence electrons. The fourth-order valence-electron chi connectivity index (χ4n) is 6.26. The Hall–Kier alpha value is -1.35. The van der Waals surface area contributed by atoms with Crippen molar-refractivity contribution >= 4 is 10.4 Å². The Morgan fingerprint density at radius 1 is 1.31 bits per heavy atom. The minimum absolute atomic E-state index is 0.0127. The summed E-state index contributed by atoms with van der Waals surface area (Å²) in [6, 6.07) is 3.90. The number of benzene rings is 1. The monoisotopic (exact) mass is 382 g/mol. The van der Waals surface area contributed by atoms with Gasteiger partial charge < -0.3 is 18.5 Å². The number of aliphatic hydroxyl groups excluding tert-OH is 1. The Balaban J connectivity index is 1.75. The highest BCUT2D eigenvalue weighted by Gasteiger charge is 2.68. The largest absolute Gasteiger partial charge is 0.482 e. The normalized spacial score (nSPS) is 39.1. The van der Waals surface area contributed by atoms with E-state index in [9.17, 15) is 13.5 Å². The number of rotatable bonds is 2. The van der Waals surface area contributed by atoms with Gasteiger partial charge in [-0.15, -0.1) is 0 Å². The molecule has 26 heavy (non-hydrogen) atoms. The van der Waals surface area contributed by atoms with Crippen LogP contribution >= 0.6 is 0 Å². The van der Waals surface area contributed by atoms with Crippen LogP contribution in [0.25, 0.3) is 0 Å². The van der Waals surface area contributed by atoms with E-state index in [0.717, 1.165) is 41.4 Å². The van der Waals surface area contributed by atoms with Gasteiger partial charge in [-0.25, -0.2) is 0 Å². The Bertz CT molecular complexity index is 897. The van der Waals surface area contributed by atoms with Gasteiger partial charge in [-0.05, 0) is 24.5 Å². The van der Waals surface area contributed by atoms with Crippen molar-refractivity contribution in [2.24, 2.45) is 5.92 Å². The molecule has 0 radical (unpaired) electrons. The number of likely N-dealkylation sites (N-methyl/N-ethyl adjacent to an activating group) is 1. The van der Waals surface area contributed by atoms with Gasteiger partial charge in [-0.2, -0.15) is 8.42 Å². The zero-order valence-electron chi connectivity index (χ0n) is 14.9. The third-order valence-corrected chi connectivity index (χ3v) is 7.69.